The second kappa shape index (κ2) is 11.2. The lowest BCUT2D eigenvalue weighted by Gasteiger charge is -2.26. The van der Waals surface area contributed by atoms with Crippen LogP contribution in [0.4, 0.5) is 0 Å². The van der Waals surface area contributed by atoms with Crippen molar-refractivity contribution >= 4 is 53.9 Å². The molecule has 10 aromatic rings. The average Bonchev–Trinajstić information content (AvgIpc) is 3.46. The van der Waals surface area contributed by atoms with Crippen LogP contribution < -0.4 is 0 Å². The molecule has 0 nitrogen and oxygen atoms in total. The maximum absolute atomic E-state index is 2.41. The van der Waals surface area contributed by atoms with E-state index in [9.17, 15) is 0 Å². The molecule has 0 fully saturated rings. The van der Waals surface area contributed by atoms with Crippen LogP contribution in [0.3, 0.4) is 0 Å². The first kappa shape index (κ1) is 30.2. The lowest BCUT2D eigenvalue weighted by atomic mass is 9.76. The molecule has 11 rings (SSSR count). The van der Waals surface area contributed by atoms with Crippen molar-refractivity contribution in [3.05, 3.63) is 193 Å². The van der Waals surface area contributed by atoms with Crippen LogP contribution in [0.1, 0.15) is 25.0 Å². The molecule has 0 heterocycles. The van der Waals surface area contributed by atoms with Crippen LogP contribution in [0.25, 0.3) is 98.4 Å². The summed E-state index contributed by atoms with van der Waals surface area (Å²) >= 11 is 0. The molecule has 0 heteroatoms. The Kier molecular flexibility index (Phi) is 6.40. The summed E-state index contributed by atoms with van der Waals surface area (Å²) in [5.41, 5.74) is 13.1. The second-order valence-corrected chi connectivity index (χ2v) is 15.2. The van der Waals surface area contributed by atoms with Crippen molar-refractivity contribution in [3.63, 3.8) is 0 Å². The van der Waals surface area contributed by atoms with Gasteiger partial charge in [0, 0.05) is 5.41 Å². The van der Waals surface area contributed by atoms with Crippen LogP contribution in [0, 0.1) is 0 Å². The van der Waals surface area contributed by atoms with Gasteiger partial charge in [-0.2, -0.15) is 0 Å². The topological polar surface area (TPSA) is 0 Å². The summed E-state index contributed by atoms with van der Waals surface area (Å²) in [5.74, 6) is 0. The molecule has 0 unspecified atom stereocenters. The fourth-order valence-corrected chi connectivity index (χ4v) is 9.70. The van der Waals surface area contributed by atoms with Crippen LogP contribution in [0.5, 0.6) is 0 Å². The van der Waals surface area contributed by atoms with Crippen molar-refractivity contribution < 1.29 is 0 Å². The molecule has 1 aliphatic carbocycles. The predicted octanol–water partition coefficient (Wildman–Crippen LogP) is 14.8. The Labute approximate surface area is 309 Å². The summed E-state index contributed by atoms with van der Waals surface area (Å²) in [6.07, 6.45) is 0. The molecule has 0 saturated heterocycles. The van der Waals surface area contributed by atoms with Gasteiger partial charge in [-0.05, 0) is 116 Å². The van der Waals surface area contributed by atoms with Crippen molar-refractivity contribution in [1.29, 1.82) is 0 Å². The summed E-state index contributed by atoms with van der Waals surface area (Å²) in [4.78, 5) is 0. The number of fused-ring (bicyclic) bond motifs is 10. The minimum Gasteiger partial charge on any atom is -0.0616 e. The average molecular weight is 673 g/mol. The fourth-order valence-electron chi connectivity index (χ4n) is 9.70. The second-order valence-electron chi connectivity index (χ2n) is 15.2. The van der Waals surface area contributed by atoms with Gasteiger partial charge in [0.05, 0.1) is 0 Å². The van der Waals surface area contributed by atoms with Gasteiger partial charge >= 0.3 is 0 Å². The van der Waals surface area contributed by atoms with E-state index in [2.05, 4.69) is 196 Å². The van der Waals surface area contributed by atoms with Gasteiger partial charge in [-0.1, -0.05) is 190 Å². The monoisotopic (exact) mass is 672 g/mol. The number of rotatable bonds is 3. The van der Waals surface area contributed by atoms with Gasteiger partial charge in [0.1, 0.15) is 0 Å². The van der Waals surface area contributed by atoms with Gasteiger partial charge in [0.25, 0.3) is 0 Å². The molecule has 0 N–H and O–H groups in total. The molecule has 0 aromatic heterocycles. The normalized spacial score (nSPS) is 13.2. The summed E-state index contributed by atoms with van der Waals surface area (Å²) in [7, 11) is 0. The molecule has 10 aromatic carbocycles. The van der Waals surface area contributed by atoms with Crippen molar-refractivity contribution in [2.75, 3.05) is 0 Å². The molecule has 0 aliphatic heterocycles. The highest BCUT2D eigenvalue weighted by atomic mass is 14.4. The van der Waals surface area contributed by atoms with Gasteiger partial charge in [0.15, 0.2) is 0 Å². The van der Waals surface area contributed by atoms with Crippen LogP contribution in [0.2, 0.25) is 0 Å². The molecule has 0 bridgehead atoms. The number of benzene rings is 10. The molecule has 1 aliphatic rings. The van der Waals surface area contributed by atoms with Gasteiger partial charge in [-0.15, -0.1) is 0 Å². The Morgan fingerprint density at radius 1 is 0.302 bits per heavy atom. The third-order valence-electron chi connectivity index (χ3n) is 12.0. The zero-order chi connectivity index (χ0) is 35.3. The quantitative estimate of drug-likeness (QED) is 0.129. The molecule has 0 saturated carbocycles. The SMILES string of the molecule is CC1(C)c2ccc3ccccc3c2-c2cccc(-c3c4ccccc4c(-c4ccc(-c5cc6ccccc6c6ccccc56)cc4)c4ccccc34)c21. The van der Waals surface area contributed by atoms with Crippen molar-refractivity contribution in [3.8, 4) is 44.5 Å². The largest absolute Gasteiger partial charge is 0.0616 e. The van der Waals surface area contributed by atoms with Crippen LogP contribution >= 0.6 is 0 Å². The van der Waals surface area contributed by atoms with E-state index < -0.39 is 0 Å². The Morgan fingerprint density at radius 2 is 0.792 bits per heavy atom. The van der Waals surface area contributed by atoms with Gasteiger partial charge < -0.3 is 0 Å². The zero-order valence-electron chi connectivity index (χ0n) is 29.8. The Bertz CT molecular complexity index is 3060. The van der Waals surface area contributed by atoms with Crippen LogP contribution in [-0.2, 0) is 5.41 Å². The van der Waals surface area contributed by atoms with Gasteiger partial charge in [-0.25, -0.2) is 0 Å². The minimum absolute atomic E-state index is 0.158. The van der Waals surface area contributed by atoms with Gasteiger partial charge in [0.2, 0.25) is 0 Å². The van der Waals surface area contributed by atoms with Crippen LogP contribution in [-0.4, -0.2) is 0 Å². The number of hydrogen-bond acceptors (Lipinski definition) is 0. The maximum atomic E-state index is 2.41. The predicted molar refractivity (Wildman–Crippen MR) is 228 cm³/mol. The summed E-state index contributed by atoms with van der Waals surface area (Å²) < 4.78 is 0. The van der Waals surface area contributed by atoms with E-state index in [-0.39, 0.29) is 5.41 Å². The van der Waals surface area contributed by atoms with E-state index in [0.29, 0.717) is 0 Å². The Morgan fingerprint density at radius 3 is 1.45 bits per heavy atom. The maximum Gasteiger partial charge on any atom is 0.0165 e. The van der Waals surface area contributed by atoms with E-state index in [4.69, 9.17) is 0 Å². The minimum atomic E-state index is -0.158. The fraction of sp³-hybridized carbons (Fsp3) is 0.0566. The van der Waals surface area contributed by atoms with Crippen LogP contribution in [0.15, 0.2) is 182 Å². The van der Waals surface area contributed by atoms with Crippen molar-refractivity contribution in [1.82, 2.24) is 0 Å². The lowest BCUT2D eigenvalue weighted by Crippen LogP contribution is -2.16. The third-order valence-corrected chi connectivity index (χ3v) is 12.0. The zero-order valence-corrected chi connectivity index (χ0v) is 29.8. The highest BCUT2D eigenvalue weighted by molar-refractivity contribution is 6.22. The van der Waals surface area contributed by atoms with Gasteiger partial charge in [-0.3, -0.25) is 0 Å². The Hall–Kier alpha value is -6.50. The van der Waals surface area contributed by atoms with Crippen molar-refractivity contribution in [2.24, 2.45) is 0 Å². The summed E-state index contributed by atoms with van der Waals surface area (Å²) in [6, 6.07) is 67.8. The number of hydrogen-bond donors (Lipinski definition) is 0. The first-order chi connectivity index (χ1) is 26.1. The standard InChI is InChI=1S/C53H36/c1-53(2)48-31-30-33-14-3-6-17-38(33)51(48)46-25-13-24-45(52(46)53)50-43-22-11-9-20-41(43)49(42-21-10-12-23-44(42)50)35-28-26-34(27-29-35)47-32-36-15-4-5-16-37(36)39-18-7-8-19-40(39)47/h3-32H,1-2H3. The van der Waals surface area contributed by atoms with E-state index >= 15 is 0 Å². The molecular weight excluding hydrogens is 637 g/mol. The molecular formula is C53H36. The van der Waals surface area contributed by atoms with E-state index in [1.807, 2.05) is 0 Å². The summed E-state index contributed by atoms with van der Waals surface area (Å²) in [6.45, 7) is 4.82. The van der Waals surface area contributed by atoms with E-state index in [1.165, 1.54) is 109 Å². The first-order valence-corrected chi connectivity index (χ1v) is 18.7. The molecule has 0 amide bonds. The third kappa shape index (κ3) is 4.30. The molecule has 0 atom stereocenters. The summed E-state index contributed by atoms with van der Waals surface area (Å²) in [5, 5.41) is 12.9. The molecule has 0 radical (unpaired) electrons. The molecule has 53 heavy (non-hydrogen) atoms. The Balaban J connectivity index is 1.14. The first-order valence-electron chi connectivity index (χ1n) is 18.7. The molecule has 0 spiro atoms. The van der Waals surface area contributed by atoms with E-state index in [1.54, 1.807) is 0 Å². The molecule has 248 valence electrons. The van der Waals surface area contributed by atoms with Crippen molar-refractivity contribution in [2.45, 2.75) is 19.3 Å². The lowest BCUT2D eigenvalue weighted by molar-refractivity contribution is 0.663. The smallest absolute Gasteiger partial charge is 0.0165 e. The highest BCUT2D eigenvalue weighted by Gasteiger charge is 2.39. The van der Waals surface area contributed by atoms with E-state index in [0.717, 1.165) is 0 Å². The highest BCUT2D eigenvalue weighted by Crippen LogP contribution is 2.56.